The third-order valence-corrected chi connectivity index (χ3v) is 6.36. The van der Waals surface area contributed by atoms with Gasteiger partial charge >= 0.3 is 0 Å². The van der Waals surface area contributed by atoms with Crippen LogP contribution in [0.4, 0.5) is 10.2 Å². The fourth-order valence-corrected chi connectivity index (χ4v) is 4.79. The molecule has 1 aliphatic carbocycles. The Morgan fingerprint density at radius 3 is 2.87 bits per heavy atom. The SMILES string of the molecule is Cc1cc(N(Cc2cn(C)c3cnccc23)[C@H]2CC[C@H](N)C2)nc2ccc(F)cc12. The van der Waals surface area contributed by atoms with Crippen LogP contribution < -0.4 is 10.6 Å². The number of anilines is 1. The second-order valence-corrected chi connectivity index (χ2v) is 8.47. The topological polar surface area (TPSA) is 60.0 Å². The van der Waals surface area contributed by atoms with Crippen LogP contribution in [0.1, 0.15) is 30.4 Å². The molecule has 2 N–H and O–H groups in total. The molecule has 0 spiro atoms. The maximum Gasteiger partial charge on any atom is 0.130 e. The lowest BCUT2D eigenvalue weighted by Crippen LogP contribution is -2.35. The molecule has 30 heavy (non-hydrogen) atoms. The molecule has 6 heteroatoms. The van der Waals surface area contributed by atoms with Crippen LogP contribution in [0.25, 0.3) is 21.8 Å². The highest BCUT2D eigenvalue weighted by atomic mass is 19.1. The van der Waals surface area contributed by atoms with Gasteiger partial charge in [-0.25, -0.2) is 9.37 Å². The first-order valence-corrected chi connectivity index (χ1v) is 10.5. The third-order valence-electron chi connectivity index (χ3n) is 6.36. The molecule has 1 aromatic carbocycles. The van der Waals surface area contributed by atoms with E-state index in [1.807, 2.05) is 19.3 Å². The summed E-state index contributed by atoms with van der Waals surface area (Å²) in [6.45, 7) is 2.77. The highest BCUT2D eigenvalue weighted by Gasteiger charge is 2.29. The van der Waals surface area contributed by atoms with Crippen molar-refractivity contribution >= 4 is 27.6 Å². The summed E-state index contributed by atoms with van der Waals surface area (Å²) in [6.07, 6.45) is 8.95. The van der Waals surface area contributed by atoms with Crippen molar-refractivity contribution in [1.82, 2.24) is 14.5 Å². The minimum atomic E-state index is -0.233. The molecule has 2 atom stereocenters. The minimum Gasteiger partial charge on any atom is -0.349 e. The van der Waals surface area contributed by atoms with Gasteiger partial charge in [0.05, 0.1) is 17.2 Å². The Morgan fingerprint density at radius 2 is 2.07 bits per heavy atom. The van der Waals surface area contributed by atoms with Gasteiger partial charge in [-0.1, -0.05) is 0 Å². The molecule has 1 saturated carbocycles. The molecule has 0 unspecified atom stereocenters. The van der Waals surface area contributed by atoms with Gasteiger partial charge in [-0.2, -0.15) is 0 Å². The summed E-state index contributed by atoms with van der Waals surface area (Å²) in [5.41, 5.74) is 10.5. The molecule has 0 radical (unpaired) electrons. The lowest BCUT2D eigenvalue weighted by Gasteiger charge is -2.31. The van der Waals surface area contributed by atoms with Crippen molar-refractivity contribution in [3.05, 3.63) is 65.9 Å². The number of hydrogen-bond donors (Lipinski definition) is 1. The van der Waals surface area contributed by atoms with Crippen molar-refractivity contribution < 1.29 is 4.39 Å². The van der Waals surface area contributed by atoms with Crippen molar-refractivity contribution in [2.24, 2.45) is 12.8 Å². The van der Waals surface area contributed by atoms with Gasteiger partial charge in [0, 0.05) is 48.8 Å². The standard InChI is InChI=1S/C24H26FN5/c1-15-9-24(28-22-6-3-17(25)10-21(15)22)30(19-5-4-18(26)11-19)14-16-13-29(2)23-12-27-8-7-20(16)23/h3,6-10,12-13,18-19H,4-5,11,14,26H2,1-2H3/t18-,19-/m0/s1. The van der Waals surface area contributed by atoms with Gasteiger partial charge < -0.3 is 15.2 Å². The third kappa shape index (κ3) is 3.31. The number of aryl methyl sites for hydroxylation is 2. The van der Waals surface area contributed by atoms with Crippen molar-refractivity contribution in [3.63, 3.8) is 0 Å². The van der Waals surface area contributed by atoms with Crippen molar-refractivity contribution in [3.8, 4) is 0 Å². The number of benzene rings is 1. The maximum absolute atomic E-state index is 13.7. The number of rotatable bonds is 4. The fraction of sp³-hybridized carbons (Fsp3) is 0.333. The summed E-state index contributed by atoms with van der Waals surface area (Å²) in [5.74, 6) is 0.694. The summed E-state index contributed by atoms with van der Waals surface area (Å²) >= 11 is 0. The van der Waals surface area contributed by atoms with E-state index in [2.05, 4.69) is 39.8 Å². The first kappa shape index (κ1) is 19.0. The largest absolute Gasteiger partial charge is 0.349 e. The molecule has 3 aromatic heterocycles. The molecule has 0 bridgehead atoms. The van der Waals surface area contributed by atoms with E-state index in [1.165, 1.54) is 17.0 Å². The van der Waals surface area contributed by atoms with Crippen molar-refractivity contribution in [2.45, 2.75) is 44.8 Å². The molecular weight excluding hydrogens is 377 g/mol. The molecule has 3 heterocycles. The fourth-order valence-electron chi connectivity index (χ4n) is 4.79. The van der Waals surface area contributed by atoms with Gasteiger partial charge in [0.15, 0.2) is 0 Å². The second kappa shape index (κ2) is 7.36. The van der Waals surface area contributed by atoms with E-state index < -0.39 is 0 Å². The Morgan fingerprint density at radius 1 is 1.20 bits per heavy atom. The zero-order chi connectivity index (χ0) is 20.8. The molecular formula is C24H26FN5. The average Bonchev–Trinajstić information content (AvgIpc) is 3.30. The Balaban J connectivity index is 1.60. The van der Waals surface area contributed by atoms with Crippen LogP contribution in [-0.2, 0) is 13.6 Å². The highest BCUT2D eigenvalue weighted by Crippen LogP contribution is 2.32. The van der Waals surface area contributed by atoms with Gasteiger partial charge in [0.25, 0.3) is 0 Å². The lowest BCUT2D eigenvalue weighted by molar-refractivity contribution is 0.587. The monoisotopic (exact) mass is 403 g/mol. The van der Waals surface area contributed by atoms with Crippen molar-refractivity contribution in [2.75, 3.05) is 4.90 Å². The van der Waals surface area contributed by atoms with Gasteiger partial charge in [-0.15, -0.1) is 0 Å². The Labute approximate surface area is 175 Å². The average molecular weight is 404 g/mol. The predicted molar refractivity (Wildman–Crippen MR) is 119 cm³/mol. The number of halogens is 1. The van der Waals surface area contributed by atoms with Crippen LogP contribution in [0.2, 0.25) is 0 Å². The number of pyridine rings is 2. The Bertz CT molecular complexity index is 1230. The number of fused-ring (bicyclic) bond motifs is 2. The first-order chi connectivity index (χ1) is 14.5. The number of nitrogens with two attached hydrogens (primary N) is 1. The van der Waals surface area contributed by atoms with Gasteiger partial charge in [-0.05, 0) is 67.6 Å². The van der Waals surface area contributed by atoms with E-state index in [0.29, 0.717) is 6.04 Å². The van der Waals surface area contributed by atoms with E-state index in [0.717, 1.165) is 53.6 Å². The second-order valence-electron chi connectivity index (χ2n) is 8.47. The molecule has 0 saturated heterocycles. The zero-order valence-corrected chi connectivity index (χ0v) is 17.3. The number of nitrogens with zero attached hydrogens (tertiary/aromatic N) is 4. The number of hydrogen-bond acceptors (Lipinski definition) is 4. The molecule has 5 nitrogen and oxygen atoms in total. The number of aromatic nitrogens is 3. The predicted octanol–water partition coefficient (Wildman–Crippen LogP) is 4.46. The molecule has 5 rings (SSSR count). The van der Waals surface area contributed by atoms with Gasteiger partial charge in [0.2, 0.25) is 0 Å². The van der Waals surface area contributed by atoms with E-state index in [-0.39, 0.29) is 11.9 Å². The molecule has 1 fully saturated rings. The highest BCUT2D eigenvalue weighted by molar-refractivity contribution is 5.85. The maximum atomic E-state index is 13.7. The minimum absolute atomic E-state index is 0.227. The lowest BCUT2D eigenvalue weighted by atomic mass is 10.1. The van der Waals surface area contributed by atoms with Crippen LogP contribution in [0.5, 0.6) is 0 Å². The van der Waals surface area contributed by atoms with Crippen LogP contribution >= 0.6 is 0 Å². The van der Waals surface area contributed by atoms with E-state index in [9.17, 15) is 4.39 Å². The molecule has 0 aliphatic heterocycles. The molecule has 0 amide bonds. The van der Waals surface area contributed by atoms with Crippen molar-refractivity contribution in [1.29, 1.82) is 0 Å². The summed E-state index contributed by atoms with van der Waals surface area (Å²) in [6, 6.07) is 9.53. The first-order valence-electron chi connectivity index (χ1n) is 10.5. The molecule has 4 aromatic rings. The van der Waals surface area contributed by atoms with E-state index >= 15 is 0 Å². The Kier molecular flexibility index (Phi) is 4.66. The molecule has 1 aliphatic rings. The van der Waals surface area contributed by atoms with Gasteiger partial charge in [-0.3, -0.25) is 4.98 Å². The summed E-state index contributed by atoms with van der Waals surface area (Å²) in [7, 11) is 2.05. The quantitative estimate of drug-likeness (QED) is 0.547. The van der Waals surface area contributed by atoms with Crippen LogP contribution in [0.3, 0.4) is 0 Å². The van der Waals surface area contributed by atoms with E-state index in [1.54, 1.807) is 12.1 Å². The zero-order valence-electron chi connectivity index (χ0n) is 17.3. The van der Waals surface area contributed by atoms with Gasteiger partial charge in [0.1, 0.15) is 11.6 Å². The normalized spacial score (nSPS) is 19.1. The van der Waals surface area contributed by atoms with E-state index in [4.69, 9.17) is 10.7 Å². The summed E-state index contributed by atoms with van der Waals surface area (Å²) in [5, 5.41) is 2.07. The molecule has 154 valence electrons. The summed E-state index contributed by atoms with van der Waals surface area (Å²) < 4.78 is 15.9. The van der Waals surface area contributed by atoms with Crippen LogP contribution in [-0.4, -0.2) is 26.6 Å². The smallest absolute Gasteiger partial charge is 0.130 e. The summed E-state index contributed by atoms with van der Waals surface area (Å²) in [4.78, 5) is 11.6. The Hall–Kier alpha value is -2.99. The van der Waals surface area contributed by atoms with Crippen LogP contribution in [0, 0.1) is 12.7 Å². The van der Waals surface area contributed by atoms with Crippen LogP contribution in [0.15, 0.2) is 48.9 Å².